The number of hydrogen-bond donors (Lipinski definition) is 2. The molecule has 0 saturated carbocycles. The van der Waals surface area contributed by atoms with Gasteiger partial charge in [0.15, 0.2) is 11.6 Å². The van der Waals surface area contributed by atoms with Gasteiger partial charge in [0.05, 0.1) is 46.3 Å². The van der Waals surface area contributed by atoms with Gasteiger partial charge in [-0.25, -0.2) is 13.2 Å². The number of nitrogens with one attached hydrogen (secondary N) is 1. The maximum absolute atomic E-state index is 16.7. The summed E-state index contributed by atoms with van der Waals surface area (Å²) in [5.74, 6) is -1.01. The van der Waals surface area contributed by atoms with Crippen molar-refractivity contribution in [1.82, 2.24) is 19.9 Å². The lowest BCUT2D eigenvalue weighted by Crippen LogP contribution is -2.43. The van der Waals surface area contributed by atoms with Crippen LogP contribution in [-0.2, 0) is 18.0 Å². The van der Waals surface area contributed by atoms with Gasteiger partial charge in [0, 0.05) is 31.0 Å². The fraction of sp³-hybridized carbons (Fsp3) is 0.407. The Balaban J connectivity index is 1.42. The van der Waals surface area contributed by atoms with Crippen molar-refractivity contribution in [3.05, 3.63) is 34.5 Å². The van der Waals surface area contributed by atoms with Crippen LogP contribution in [0.25, 0.3) is 32.2 Å². The van der Waals surface area contributed by atoms with E-state index >= 15 is 4.39 Å². The minimum Gasteiger partial charge on any atom is -0.461 e. The van der Waals surface area contributed by atoms with Crippen LogP contribution in [-0.4, -0.2) is 58.3 Å². The van der Waals surface area contributed by atoms with E-state index in [1.165, 1.54) is 0 Å². The van der Waals surface area contributed by atoms with E-state index < -0.39 is 23.3 Å². The molecule has 4 aromatic rings. The second-order valence-corrected chi connectivity index (χ2v) is 11.5. The average Bonchev–Trinajstić information content (AvgIpc) is 3.70. The molecule has 13 heteroatoms. The molecule has 206 valence electrons. The molecule has 3 aliphatic heterocycles. The van der Waals surface area contributed by atoms with Crippen LogP contribution in [0.1, 0.15) is 36.0 Å². The predicted octanol–water partition coefficient (Wildman–Crippen LogP) is 4.67. The zero-order valence-electron chi connectivity index (χ0n) is 21.5. The number of benzene rings is 1. The zero-order chi connectivity index (χ0) is 27.8. The molecule has 2 saturated heterocycles. The van der Waals surface area contributed by atoms with E-state index in [0.29, 0.717) is 35.3 Å². The number of ether oxygens (including phenoxy) is 2. The highest BCUT2D eigenvalue weighted by Gasteiger charge is 2.49. The van der Waals surface area contributed by atoms with E-state index in [0.717, 1.165) is 36.9 Å². The summed E-state index contributed by atoms with van der Waals surface area (Å²) in [5, 5.41) is 13.5. The number of hydrogen-bond acceptors (Lipinski definition) is 10. The topological polar surface area (TPSA) is 122 Å². The van der Waals surface area contributed by atoms with Crippen LogP contribution in [0.4, 0.5) is 24.0 Å². The molecule has 1 unspecified atom stereocenters. The van der Waals surface area contributed by atoms with Gasteiger partial charge >= 0.3 is 6.01 Å². The molecule has 7 rings (SSSR count). The van der Waals surface area contributed by atoms with Crippen molar-refractivity contribution >= 4 is 43.1 Å². The summed E-state index contributed by atoms with van der Waals surface area (Å²) in [6, 6.07) is 1.97. The van der Waals surface area contributed by atoms with Crippen LogP contribution in [0.5, 0.6) is 6.01 Å². The predicted molar refractivity (Wildman–Crippen MR) is 144 cm³/mol. The molecule has 6 heterocycles. The third-order valence-electron chi connectivity index (χ3n) is 8.29. The number of pyridine rings is 1. The van der Waals surface area contributed by atoms with Crippen molar-refractivity contribution < 1.29 is 22.6 Å². The van der Waals surface area contributed by atoms with E-state index in [1.54, 1.807) is 7.05 Å². The third kappa shape index (κ3) is 3.56. The third-order valence-corrected chi connectivity index (χ3v) is 9.32. The SMILES string of the molecule is CNc1nc(OC[C@@]23CCCN2CC(F)C3)nc2c(F)c(-c3ncc(F)c4sc(N)c(C#N)c34)c3c(c12)COC3. The summed E-state index contributed by atoms with van der Waals surface area (Å²) in [6.45, 7) is 1.64. The fourth-order valence-electron chi connectivity index (χ4n) is 6.54. The number of anilines is 2. The Bertz CT molecular complexity index is 1760. The number of aromatic nitrogens is 3. The second kappa shape index (κ2) is 9.15. The molecular formula is C27H24F3N7O2S. The summed E-state index contributed by atoms with van der Waals surface area (Å²) in [4.78, 5) is 15.4. The zero-order valence-corrected chi connectivity index (χ0v) is 22.3. The number of nitrogen functional groups attached to an aromatic ring is 1. The van der Waals surface area contributed by atoms with Crippen molar-refractivity contribution in [1.29, 1.82) is 5.26 Å². The van der Waals surface area contributed by atoms with Gasteiger partial charge in [-0.15, -0.1) is 11.3 Å². The van der Waals surface area contributed by atoms with E-state index in [-0.39, 0.29) is 63.3 Å². The van der Waals surface area contributed by atoms with Gasteiger partial charge in [-0.1, -0.05) is 0 Å². The molecule has 0 radical (unpaired) electrons. The molecular weight excluding hydrogens is 543 g/mol. The van der Waals surface area contributed by atoms with Gasteiger partial charge in [-0.3, -0.25) is 9.88 Å². The first-order valence-electron chi connectivity index (χ1n) is 12.9. The second-order valence-electron chi connectivity index (χ2n) is 10.4. The first kappa shape index (κ1) is 25.3. The van der Waals surface area contributed by atoms with E-state index in [4.69, 9.17) is 15.2 Å². The van der Waals surface area contributed by atoms with Crippen molar-refractivity contribution in [2.75, 3.05) is 37.8 Å². The van der Waals surface area contributed by atoms with Gasteiger partial charge in [0.25, 0.3) is 0 Å². The van der Waals surface area contributed by atoms with Crippen LogP contribution >= 0.6 is 11.3 Å². The normalized spacial score (nSPS) is 22.1. The summed E-state index contributed by atoms with van der Waals surface area (Å²) < 4.78 is 57.5. The lowest BCUT2D eigenvalue weighted by atomic mass is 9.93. The number of rotatable bonds is 5. The van der Waals surface area contributed by atoms with E-state index in [1.807, 2.05) is 6.07 Å². The Kier molecular flexibility index (Phi) is 5.78. The van der Waals surface area contributed by atoms with Crippen LogP contribution in [0.3, 0.4) is 0 Å². The van der Waals surface area contributed by atoms with Crippen LogP contribution < -0.4 is 15.8 Å². The van der Waals surface area contributed by atoms with Gasteiger partial charge in [-0.05, 0) is 30.5 Å². The van der Waals surface area contributed by atoms with Crippen molar-refractivity contribution in [2.24, 2.45) is 0 Å². The Labute approximate surface area is 230 Å². The van der Waals surface area contributed by atoms with Gasteiger partial charge in [0.1, 0.15) is 35.2 Å². The molecule has 2 fully saturated rings. The Morgan fingerprint density at radius 2 is 2.12 bits per heavy atom. The van der Waals surface area contributed by atoms with Crippen molar-refractivity contribution in [3.8, 4) is 23.3 Å². The van der Waals surface area contributed by atoms with Crippen molar-refractivity contribution in [3.63, 3.8) is 0 Å². The molecule has 1 aromatic carbocycles. The Morgan fingerprint density at radius 1 is 1.30 bits per heavy atom. The highest BCUT2D eigenvalue weighted by molar-refractivity contribution is 7.23. The first-order chi connectivity index (χ1) is 19.3. The summed E-state index contributed by atoms with van der Waals surface area (Å²) in [7, 11) is 1.67. The molecule has 0 amide bonds. The number of alkyl halides is 1. The largest absolute Gasteiger partial charge is 0.461 e. The Hall–Kier alpha value is -3.73. The molecule has 0 spiro atoms. The van der Waals surface area contributed by atoms with Gasteiger partial charge in [0.2, 0.25) is 0 Å². The van der Waals surface area contributed by atoms with Gasteiger partial charge < -0.3 is 20.5 Å². The molecule has 0 aliphatic carbocycles. The number of nitrogens with zero attached hydrogens (tertiary/aromatic N) is 5. The molecule has 3 aliphatic rings. The van der Waals surface area contributed by atoms with Crippen molar-refractivity contribution in [2.45, 2.75) is 44.2 Å². The minimum atomic E-state index is -0.915. The van der Waals surface area contributed by atoms with Crippen LogP contribution in [0.2, 0.25) is 0 Å². The first-order valence-corrected chi connectivity index (χ1v) is 13.8. The quantitative estimate of drug-likeness (QED) is 0.354. The summed E-state index contributed by atoms with van der Waals surface area (Å²) in [6.07, 6.45) is 2.22. The Morgan fingerprint density at radius 3 is 2.92 bits per heavy atom. The number of thiophene rings is 1. The van der Waals surface area contributed by atoms with Crippen LogP contribution in [0, 0.1) is 23.0 Å². The maximum Gasteiger partial charge on any atom is 0.319 e. The fourth-order valence-corrected chi connectivity index (χ4v) is 7.46. The van der Waals surface area contributed by atoms with Crippen LogP contribution in [0.15, 0.2) is 6.20 Å². The molecule has 2 atom stereocenters. The van der Waals surface area contributed by atoms with Gasteiger partial charge in [-0.2, -0.15) is 15.2 Å². The summed E-state index contributed by atoms with van der Waals surface area (Å²) >= 11 is 0.916. The smallest absolute Gasteiger partial charge is 0.319 e. The average molecular weight is 568 g/mol. The number of fused-ring (bicyclic) bond motifs is 5. The lowest BCUT2D eigenvalue weighted by Gasteiger charge is -2.30. The van der Waals surface area contributed by atoms with E-state index in [9.17, 15) is 14.0 Å². The highest BCUT2D eigenvalue weighted by Crippen LogP contribution is 2.46. The lowest BCUT2D eigenvalue weighted by molar-refractivity contribution is 0.107. The standard InChI is InChI=1S/C27H24F3N7O2S/c1-33-25-19-15-10-38-9-14(15)17(21-18-13(6-31)24(32)40-23(18)16(29)7-34-21)20(30)22(19)35-26(36-25)39-11-27-3-2-4-37(27)8-12(28)5-27/h7,12H,2-5,8-11,32H2,1H3,(H,33,35,36)/t12?,27-/m0/s1. The molecule has 9 nitrogen and oxygen atoms in total. The molecule has 3 N–H and O–H groups in total. The highest BCUT2D eigenvalue weighted by atomic mass is 32.1. The molecule has 3 aromatic heterocycles. The monoisotopic (exact) mass is 567 g/mol. The molecule has 0 bridgehead atoms. The summed E-state index contributed by atoms with van der Waals surface area (Å²) in [5.41, 5.74) is 6.96. The number of halogens is 3. The molecule has 40 heavy (non-hydrogen) atoms. The number of nitrogens with two attached hydrogens (primary N) is 1. The van der Waals surface area contributed by atoms with E-state index in [2.05, 4.69) is 25.2 Å². The number of nitriles is 1. The minimum absolute atomic E-state index is 0.0230. The maximum atomic E-state index is 16.7.